The predicted molar refractivity (Wildman–Crippen MR) is 63.9 cm³/mol. The maximum atomic E-state index is 12.7. The molecule has 1 aromatic carbocycles. The van der Waals surface area contributed by atoms with Gasteiger partial charge >= 0.3 is 12.2 Å². The van der Waals surface area contributed by atoms with Crippen LogP contribution in [0.15, 0.2) is 18.2 Å². The highest BCUT2D eigenvalue weighted by Gasteiger charge is 2.33. The summed E-state index contributed by atoms with van der Waals surface area (Å²) in [6, 6.07) is 3.71. The summed E-state index contributed by atoms with van der Waals surface area (Å²) in [4.78, 5) is 11.3. The molecule has 8 heteroatoms. The summed E-state index contributed by atoms with van der Waals surface area (Å²) >= 11 is 5.35. The van der Waals surface area contributed by atoms with E-state index in [0.717, 1.165) is 6.07 Å². The van der Waals surface area contributed by atoms with Crippen LogP contribution in [0.3, 0.4) is 0 Å². The largest absolute Gasteiger partial charge is 0.417 e. The van der Waals surface area contributed by atoms with Gasteiger partial charge in [0.2, 0.25) is 0 Å². The third-order valence-corrected chi connectivity index (χ3v) is 2.27. The number of carbonyl (C=O) groups excluding carboxylic acids is 1. The van der Waals surface area contributed by atoms with Gasteiger partial charge in [0, 0.05) is 18.1 Å². The molecule has 0 unspecified atom stereocenters. The Morgan fingerprint density at radius 1 is 1.42 bits per heavy atom. The standard InChI is InChI=1S/C11H9ClF3N3O/c12-3-4-17-10(19)18-8-2-1-7(6-16)9(5-8)11(13,14)15/h1-2,5H,3-4H2,(H2,17,18,19). The van der Waals surface area contributed by atoms with Crippen molar-refractivity contribution in [2.24, 2.45) is 0 Å². The quantitative estimate of drug-likeness (QED) is 0.841. The van der Waals surface area contributed by atoms with Gasteiger partial charge in [-0.15, -0.1) is 11.6 Å². The van der Waals surface area contributed by atoms with E-state index in [2.05, 4.69) is 10.6 Å². The number of carbonyl (C=O) groups is 1. The minimum Gasteiger partial charge on any atom is -0.337 e. The van der Waals surface area contributed by atoms with E-state index in [4.69, 9.17) is 16.9 Å². The van der Waals surface area contributed by atoms with E-state index in [1.54, 1.807) is 0 Å². The number of nitrogens with one attached hydrogen (secondary N) is 2. The van der Waals surface area contributed by atoms with Crippen LogP contribution in [0, 0.1) is 11.3 Å². The highest BCUT2D eigenvalue weighted by Crippen LogP contribution is 2.33. The van der Waals surface area contributed by atoms with Crippen molar-refractivity contribution >= 4 is 23.3 Å². The number of nitriles is 1. The van der Waals surface area contributed by atoms with Crippen molar-refractivity contribution in [2.45, 2.75) is 6.18 Å². The lowest BCUT2D eigenvalue weighted by Gasteiger charge is -2.11. The Hall–Kier alpha value is -1.94. The SMILES string of the molecule is N#Cc1ccc(NC(=O)NCCCl)cc1C(F)(F)F. The zero-order chi connectivity index (χ0) is 14.5. The summed E-state index contributed by atoms with van der Waals surface area (Å²) < 4.78 is 38.0. The number of alkyl halides is 4. The maximum absolute atomic E-state index is 12.7. The number of hydrogen-bond donors (Lipinski definition) is 2. The average molecular weight is 292 g/mol. The van der Waals surface area contributed by atoms with Crippen LogP contribution in [-0.4, -0.2) is 18.5 Å². The number of halogens is 4. The molecule has 1 aromatic rings. The van der Waals surface area contributed by atoms with E-state index in [1.165, 1.54) is 12.1 Å². The predicted octanol–water partition coefficient (Wildman–Crippen LogP) is 2.94. The van der Waals surface area contributed by atoms with Gasteiger partial charge in [0.15, 0.2) is 0 Å². The molecule has 2 N–H and O–H groups in total. The molecule has 102 valence electrons. The van der Waals surface area contributed by atoms with E-state index in [0.29, 0.717) is 6.07 Å². The molecule has 0 radical (unpaired) electrons. The van der Waals surface area contributed by atoms with Crippen molar-refractivity contribution in [1.29, 1.82) is 5.26 Å². The van der Waals surface area contributed by atoms with Gasteiger partial charge in [-0.1, -0.05) is 0 Å². The second-order valence-corrected chi connectivity index (χ2v) is 3.82. The molecule has 1 rings (SSSR count). The molecule has 4 nitrogen and oxygen atoms in total. The van der Waals surface area contributed by atoms with Crippen molar-refractivity contribution in [2.75, 3.05) is 17.7 Å². The maximum Gasteiger partial charge on any atom is 0.417 e. The Morgan fingerprint density at radius 3 is 2.63 bits per heavy atom. The van der Waals surface area contributed by atoms with Crippen LogP contribution in [0.1, 0.15) is 11.1 Å². The average Bonchev–Trinajstić information content (AvgIpc) is 2.35. The summed E-state index contributed by atoms with van der Waals surface area (Å²) in [5, 5.41) is 13.2. The van der Waals surface area contributed by atoms with E-state index in [-0.39, 0.29) is 18.1 Å². The summed E-state index contributed by atoms with van der Waals surface area (Å²) in [6.07, 6.45) is -4.66. The van der Waals surface area contributed by atoms with Gasteiger partial charge in [-0.05, 0) is 18.2 Å². The number of nitrogens with zero attached hydrogens (tertiary/aromatic N) is 1. The van der Waals surface area contributed by atoms with Gasteiger partial charge in [0.1, 0.15) is 0 Å². The van der Waals surface area contributed by atoms with E-state index >= 15 is 0 Å². The van der Waals surface area contributed by atoms with Crippen LogP contribution in [-0.2, 0) is 6.18 Å². The second-order valence-electron chi connectivity index (χ2n) is 3.44. The lowest BCUT2D eigenvalue weighted by molar-refractivity contribution is -0.137. The summed E-state index contributed by atoms with van der Waals surface area (Å²) in [6.45, 7) is 0.190. The summed E-state index contributed by atoms with van der Waals surface area (Å²) in [7, 11) is 0. The number of benzene rings is 1. The zero-order valence-corrected chi connectivity index (χ0v) is 10.3. The minimum atomic E-state index is -4.66. The molecule has 0 spiro atoms. The molecule has 0 aliphatic carbocycles. The van der Waals surface area contributed by atoms with Crippen molar-refractivity contribution < 1.29 is 18.0 Å². The Balaban J connectivity index is 2.94. The first-order valence-corrected chi connectivity index (χ1v) is 5.64. The van der Waals surface area contributed by atoms with Gasteiger partial charge in [0.25, 0.3) is 0 Å². The molecule has 0 saturated carbocycles. The fourth-order valence-corrected chi connectivity index (χ4v) is 1.38. The second kappa shape index (κ2) is 6.29. The molecule has 0 fully saturated rings. The molecular formula is C11H9ClF3N3O. The first-order valence-electron chi connectivity index (χ1n) is 5.10. The molecule has 0 bridgehead atoms. The van der Waals surface area contributed by atoms with Crippen molar-refractivity contribution in [1.82, 2.24) is 5.32 Å². The fraction of sp³-hybridized carbons (Fsp3) is 0.273. The zero-order valence-electron chi connectivity index (χ0n) is 9.51. The Kier molecular flexibility index (Phi) is 5.01. The Bertz CT molecular complexity index is 511. The lowest BCUT2D eigenvalue weighted by atomic mass is 10.1. The first kappa shape index (κ1) is 15.1. The number of urea groups is 1. The summed E-state index contributed by atoms with van der Waals surface area (Å²) in [5.74, 6) is 0.189. The van der Waals surface area contributed by atoms with Crippen LogP contribution in [0.2, 0.25) is 0 Å². The molecule has 2 amide bonds. The third kappa shape index (κ3) is 4.34. The Labute approximate surface area is 112 Å². The molecule has 0 aliphatic heterocycles. The van der Waals surface area contributed by atoms with Gasteiger partial charge in [0.05, 0.1) is 17.2 Å². The van der Waals surface area contributed by atoms with E-state index in [9.17, 15) is 18.0 Å². The lowest BCUT2D eigenvalue weighted by Crippen LogP contribution is -2.30. The number of amides is 2. The monoisotopic (exact) mass is 291 g/mol. The molecular weight excluding hydrogens is 283 g/mol. The normalized spacial score (nSPS) is 10.7. The van der Waals surface area contributed by atoms with Crippen molar-refractivity contribution in [3.8, 4) is 6.07 Å². The summed E-state index contributed by atoms with van der Waals surface area (Å²) in [5.41, 5.74) is -1.65. The van der Waals surface area contributed by atoms with Crippen LogP contribution in [0.25, 0.3) is 0 Å². The van der Waals surface area contributed by atoms with Gasteiger partial charge in [-0.2, -0.15) is 18.4 Å². The smallest absolute Gasteiger partial charge is 0.337 e. The van der Waals surface area contributed by atoms with Crippen LogP contribution in [0.5, 0.6) is 0 Å². The molecule has 0 saturated heterocycles. The molecule has 0 aromatic heterocycles. The van der Waals surface area contributed by atoms with E-state index < -0.39 is 23.3 Å². The van der Waals surface area contributed by atoms with Gasteiger partial charge < -0.3 is 10.6 Å². The van der Waals surface area contributed by atoms with Crippen molar-refractivity contribution in [3.05, 3.63) is 29.3 Å². The van der Waals surface area contributed by atoms with Gasteiger partial charge in [-0.3, -0.25) is 0 Å². The molecule has 19 heavy (non-hydrogen) atoms. The van der Waals surface area contributed by atoms with E-state index in [1.807, 2.05) is 0 Å². The minimum absolute atomic E-state index is 0.0570. The number of hydrogen-bond acceptors (Lipinski definition) is 2. The first-order chi connectivity index (χ1) is 8.88. The third-order valence-electron chi connectivity index (χ3n) is 2.08. The number of anilines is 1. The molecule has 0 heterocycles. The molecule has 0 aliphatic rings. The molecule has 0 atom stereocenters. The fourth-order valence-electron chi connectivity index (χ4n) is 1.29. The van der Waals surface area contributed by atoms with Gasteiger partial charge in [-0.25, -0.2) is 4.79 Å². The van der Waals surface area contributed by atoms with Crippen LogP contribution in [0.4, 0.5) is 23.7 Å². The highest BCUT2D eigenvalue weighted by molar-refractivity contribution is 6.18. The Morgan fingerprint density at radius 2 is 2.11 bits per heavy atom. The van der Waals surface area contributed by atoms with Crippen molar-refractivity contribution in [3.63, 3.8) is 0 Å². The topological polar surface area (TPSA) is 64.9 Å². The highest BCUT2D eigenvalue weighted by atomic mass is 35.5. The number of rotatable bonds is 3. The van der Waals surface area contributed by atoms with Crippen LogP contribution >= 0.6 is 11.6 Å². The van der Waals surface area contributed by atoms with Crippen LogP contribution < -0.4 is 10.6 Å².